The number of hydrogen-bond acceptors (Lipinski definition) is 14. The number of nitrogens with zero attached hydrogens (tertiary/aromatic N) is 9. The van der Waals surface area contributed by atoms with Crippen LogP contribution in [0.5, 0.6) is 5.75 Å². The maximum Gasteiger partial charge on any atom is 0.415 e. The molecule has 20 heteroatoms. The molecule has 412 valence electrons. The zero-order chi connectivity index (χ0) is 53.8. The molecule has 0 radical (unpaired) electrons. The molecule has 8 rings (SSSR count). The first-order valence-electron chi connectivity index (χ1n) is 27.9. The molecule has 4 aliphatic heterocycles. The SMILES string of the molecule is CCCSCCN(CCN(CCNC(=O)CCCc1cn(CC(=O)O[C@]2(CC)COCc3c2cc2n(c3=O)Cc3c-2nc2ccc(OC(=O)N4CCC(N5CCCCC5)CC4)cc2c3CC)nn1)C(=O)CC)C(=O)CC. The Kier molecular flexibility index (Phi) is 19.6. The summed E-state index contributed by atoms with van der Waals surface area (Å²) in [6.45, 7) is 15.8. The first-order valence-corrected chi connectivity index (χ1v) is 29.1. The third-order valence-electron chi connectivity index (χ3n) is 15.5. The highest BCUT2D eigenvalue weighted by atomic mass is 32.2. The molecular formula is C56H78N10O9S. The predicted octanol–water partition coefficient (Wildman–Crippen LogP) is 6.47. The molecular weight excluding hydrogens is 989 g/mol. The Morgan fingerprint density at radius 1 is 0.895 bits per heavy atom. The lowest BCUT2D eigenvalue weighted by atomic mass is 9.86. The minimum atomic E-state index is -1.24. The topological polar surface area (TPSA) is 204 Å². The molecule has 2 saturated heterocycles. The van der Waals surface area contributed by atoms with Crippen molar-refractivity contribution in [1.29, 1.82) is 0 Å². The standard InChI is InChI=1S/C56H78N10O9S/c1-6-30-76-31-29-63(51(69)9-4)28-27-62(50(68)8-3)26-21-57-49(67)16-14-15-39-34-65(60-59-39)36-52(70)75-56(10-5)38-73-37-45-46(56)33-48-53-44(35-66(48)54(45)71)42(7-2)43-32-41(17-18-47(43)58-53)74-55(72)64-24-19-40(20-25-64)61-22-12-11-13-23-61/h17-18,32-34,40H,6-16,19-31,35-38H2,1-5H3,(H,57,67)/t56-/m1/s1. The van der Waals surface area contributed by atoms with Gasteiger partial charge in [-0.25, -0.2) is 14.5 Å². The van der Waals surface area contributed by atoms with Crippen molar-refractivity contribution < 1.29 is 38.2 Å². The number of fused-ring (bicyclic) bond motifs is 5. The normalized spacial score (nSPS) is 17.5. The highest BCUT2D eigenvalue weighted by Gasteiger charge is 2.43. The van der Waals surface area contributed by atoms with E-state index < -0.39 is 11.6 Å². The van der Waals surface area contributed by atoms with Gasteiger partial charge in [-0.05, 0) is 106 Å². The highest BCUT2D eigenvalue weighted by molar-refractivity contribution is 7.99. The number of piperidine rings is 2. The number of amides is 4. The summed E-state index contributed by atoms with van der Waals surface area (Å²) in [4.78, 5) is 92.9. The average Bonchev–Trinajstić information content (AvgIpc) is 4.16. The lowest BCUT2D eigenvalue weighted by Crippen LogP contribution is -2.48. The van der Waals surface area contributed by atoms with Gasteiger partial charge in [0.25, 0.3) is 5.56 Å². The second-order valence-electron chi connectivity index (χ2n) is 20.5. The number of hydrogen-bond donors (Lipinski definition) is 1. The number of likely N-dealkylation sites (tertiary alicyclic amines) is 2. The molecule has 7 heterocycles. The van der Waals surface area contributed by atoms with Gasteiger partial charge in [0.2, 0.25) is 17.7 Å². The van der Waals surface area contributed by atoms with Crippen LogP contribution in [-0.2, 0) is 66.8 Å². The third-order valence-corrected chi connectivity index (χ3v) is 16.7. The molecule has 1 N–H and O–H groups in total. The van der Waals surface area contributed by atoms with Gasteiger partial charge in [-0.3, -0.25) is 24.0 Å². The first-order chi connectivity index (χ1) is 36.9. The Hall–Kier alpha value is -5.86. The lowest BCUT2D eigenvalue weighted by molar-refractivity contribution is -0.174. The van der Waals surface area contributed by atoms with Crippen molar-refractivity contribution in [3.05, 3.63) is 68.8 Å². The highest BCUT2D eigenvalue weighted by Crippen LogP contribution is 2.42. The van der Waals surface area contributed by atoms with Crippen molar-refractivity contribution in [2.24, 2.45) is 0 Å². The Morgan fingerprint density at radius 3 is 2.36 bits per heavy atom. The molecule has 4 aromatic rings. The fourth-order valence-electron chi connectivity index (χ4n) is 11.2. The monoisotopic (exact) mass is 1070 g/mol. The lowest BCUT2D eigenvalue weighted by Gasteiger charge is -2.39. The zero-order valence-electron chi connectivity index (χ0n) is 45.4. The fourth-order valence-corrected chi connectivity index (χ4v) is 12.1. The smallest absolute Gasteiger partial charge is 0.415 e. The molecule has 0 unspecified atom stereocenters. The van der Waals surface area contributed by atoms with Crippen molar-refractivity contribution in [3.63, 3.8) is 0 Å². The Bertz CT molecular complexity index is 2770. The molecule has 1 atom stereocenters. The second-order valence-corrected chi connectivity index (χ2v) is 21.7. The molecule has 76 heavy (non-hydrogen) atoms. The van der Waals surface area contributed by atoms with E-state index in [1.807, 2.05) is 60.5 Å². The van der Waals surface area contributed by atoms with Gasteiger partial charge in [-0.2, -0.15) is 11.8 Å². The van der Waals surface area contributed by atoms with Crippen LogP contribution in [0.3, 0.4) is 0 Å². The van der Waals surface area contributed by atoms with Gasteiger partial charge in [0.1, 0.15) is 12.3 Å². The van der Waals surface area contributed by atoms with E-state index in [1.54, 1.807) is 21.7 Å². The van der Waals surface area contributed by atoms with E-state index in [0.717, 1.165) is 65.9 Å². The van der Waals surface area contributed by atoms with Crippen LogP contribution in [0.2, 0.25) is 0 Å². The number of aromatic nitrogens is 5. The van der Waals surface area contributed by atoms with E-state index in [0.29, 0.717) is 131 Å². The third kappa shape index (κ3) is 13.3. The number of benzene rings is 1. The molecule has 19 nitrogen and oxygen atoms in total. The van der Waals surface area contributed by atoms with Crippen molar-refractivity contribution >= 4 is 52.4 Å². The maximum atomic E-state index is 14.4. The van der Waals surface area contributed by atoms with Crippen LogP contribution < -0.4 is 15.6 Å². The number of rotatable bonds is 24. The summed E-state index contributed by atoms with van der Waals surface area (Å²) in [7, 11) is 0. The Labute approximate surface area is 450 Å². The molecule has 0 saturated carbocycles. The zero-order valence-corrected chi connectivity index (χ0v) is 46.2. The number of aryl methyl sites for hydroxylation is 2. The quantitative estimate of drug-likeness (QED) is 0.0520. The number of carbonyl (C=O) groups is 5. The van der Waals surface area contributed by atoms with Crippen molar-refractivity contribution in [3.8, 4) is 17.1 Å². The van der Waals surface area contributed by atoms with Crippen LogP contribution in [0, 0.1) is 0 Å². The number of nitrogens with one attached hydrogen (secondary N) is 1. The van der Waals surface area contributed by atoms with Gasteiger partial charge in [-0.15, -0.1) is 5.10 Å². The van der Waals surface area contributed by atoms with Crippen LogP contribution in [0.1, 0.15) is 133 Å². The Balaban J connectivity index is 0.852. The van der Waals surface area contributed by atoms with E-state index in [9.17, 15) is 28.8 Å². The summed E-state index contributed by atoms with van der Waals surface area (Å²) in [5.41, 5.74) is 4.21. The molecule has 1 aromatic carbocycles. The van der Waals surface area contributed by atoms with Gasteiger partial charge in [0, 0.05) is 99.6 Å². The summed E-state index contributed by atoms with van der Waals surface area (Å²) in [6.07, 6.45) is 11.0. The van der Waals surface area contributed by atoms with E-state index >= 15 is 0 Å². The van der Waals surface area contributed by atoms with Crippen LogP contribution >= 0.6 is 11.8 Å². The number of thioether (sulfide) groups is 1. The van der Waals surface area contributed by atoms with E-state index in [1.165, 1.54) is 23.9 Å². The summed E-state index contributed by atoms with van der Waals surface area (Å²) in [6, 6.07) is 8.01. The van der Waals surface area contributed by atoms with Crippen molar-refractivity contribution in [2.45, 2.75) is 149 Å². The summed E-state index contributed by atoms with van der Waals surface area (Å²) in [5.74, 6) is 1.68. The maximum absolute atomic E-state index is 14.4. The largest absolute Gasteiger partial charge is 0.450 e. The number of esters is 1. The predicted molar refractivity (Wildman–Crippen MR) is 291 cm³/mol. The molecule has 0 spiro atoms. The van der Waals surface area contributed by atoms with Gasteiger partial charge < -0.3 is 43.7 Å². The number of pyridine rings is 2. The minimum absolute atomic E-state index is 0.0272. The first kappa shape index (κ1) is 56.3. The van der Waals surface area contributed by atoms with E-state index in [4.69, 9.17) is 19.2 Å². The second kappa shape index (κ2) is 26.5. The average molecular weight is 1070 g/mol. The van der Waals surface area contributed by atoms with E-state index in [2.05, 4.69) is 34.4 Å². The molecule has 0 aliphatic carbocycles. The van der Waals surface area contributed by atoms with Crippen LogP contribution in [-0.4, -0.2) is 157 Å². The molecule has 4 aliphatic rings. The van der Waals surface area contributed by atoms with Gasteiger partial charge in [0.15, 0.2) is 5.60 Å². The molecule has 2 fully saturated rings. The van der Waals surface area contributed by atoms with Crippen LogP contribution in [0.4, 0.5) is 4.79 Å². The molecule has 4 amide bonds. The molecule has 0 bridgehead atoms. The van der Waals surface area contributed by atoms with Gasteiger partial charge >= 0.3 is 12.1 Å². The number of ether oxygens (including phenoxy) is 3. The summed E-state index contributed by atoms with van der Waals surface area (Å²) >= 11 is 1.82. The van der Waals surface area contributed by atoms with Crippen LogP contribution in [0.15, 0.2) is 35.3 Å². The van der Waals surface area contributed by atoms with Crippen molar-refractivity contribution in [1.82, 2.24) is 49.5 Å². The Morgan fingerprint density at radius 2 is 1.64 bits per heavy atom. The number of carbonyl (C=O) groups excluding carboxylic acids is 5. The van der Waals surface area contributed by atoms with E-state index in [-0.39, 0.29) is 55.6 Å². The molecule has 3 aromatic heterocycles. The van der Waals surface area contributed by atoms with Crippen LogP contribution in [0.25, 0.3) is 22.3 Å². The van der Waals surface area contributed by atoms with Crippen molar-refractivity contribution in [2.75, 3.05) is 77.0 Å². The van der Waals surface area contributed by atoms with Gasteiger partial charge in [0.05, 0.1) is 47.9 Å². The summed E-state index contributed by atoms with van der Waals surface area (Å²) < 4.78 is 21.4. The minimum Gasteiger partial charge on any atom is -0.450 e. The van der Waals surface area contributed by atoms with Gasteiger partial charge in [-0.1, -0.05) is 46.3 Å². The fraction of sp³-hybridized carbons (Fsp3) is 0.625. The summed E-state index contributed by atoms with van der Waals surface area (Å²) in [5, 5.41) is 12.2.